The van der Waals surface area contributed by atoms with E-state index in [0.29, 0.717) is 10.0 Å². The molecule has 0 saturated carbocycles. The van der Waals surface area contributed by atoms with E-state index in [9.17, 15) is 4.39 Å². The minimum atomic E-state index is -0.293. The van der Waals surface area contributed by atoms with Crippen LogP contribution in [0.2, 0.25) is 5.02 Å². The molecule has 0 aliphatic heterocycles. The fraction of sp³-hybridized carbons (Fsp3) is 0.154. The lowest BCUT2D eigenvalue weighted by Crippen LogP contribution is -2.06. The number of benzene rings is 1. The van der Waals surface area contributed by atoms with Crippen LogP contribution in [0.1, 0.15) is 18.5 Å². The van der Waals surface area contributed by atoms with Crippen LogP contribution in [0.4, 0.5) is 4.39 Å². The van der Waals surface area contributed by atoms with Crippen molar-refractivity contribution in [2.75, 3.05) is 0 Å². The molecule has 2 aromatic rings. The van der Waals surface area contributed by atoms with Crippen molar-refractivity contribution in [1.29, 1.82) is 0 Å². The summed E-state index contributed by atoms with van der Waals surface area (Å²) >= 11 is 7.44. The van der Waals surface area contributed by atoms with Crippen LogP contribution in [-0.4, -0.2) is 4.98 Å². The van der Waals surface area contributed by atoms with E-state index in [4.69, 9.17) is 17.3 Å². The van der Waals surface area contributed by atoms with Gasteiger partial charge in [-0.15, -0.1) is 0 Å². The summed E-state index contributed by atoms with van der Waals surface area (Å²) < 4.78 is 13.2. The number of hydrogen-bond acceptors (Lipinski definition) is 3. The highest BCUT2D eigenvalue weighted by atomic mass is 35.5. The maximum atomic E-state index is 13.2. The number of hydrogen-bond donors (Lipinski definition) is 1. The highest BCUT2D eigenvalue weighted by Gasteiger charge is 2.11. The third-order valence-corrected chi connectivity index (χ3v) is 3.92. The average Bonchev–Trinajstić information content (AvgIpc) is 2.34. The number of halogens is 2. The molecule has 0 amide bonds. The van der Waals surface area contributed by atoms with E-state index in [1.54, 1.807) is 24.4 Å². The van der Waals surface area contributed by atoms with E-state index in [1.807, 2.05) is 6.92 Å². The monoisotopic (exact) mass is 282 g/mol. The van der Waals surface area contributed by atoms with Crippen LogP contribution in [0, 0.1) is 5.82 Å². The second kappa shape index (κ2) is 5.69. The zero-order valence-electron chi connectivity index (χ0n) is 9.73. The quantitative estimate of drug-likeness (QED) is 0.923. The van der Waals surface area contributed by atoms with Crippen molar-refractivity contribution in [3.05, 3.63) is 52.9 Å². The predicted octanol–water partition coefficient (Wildman–Crippen LogP) is 4.05. The van der Waals surface area contributed by atoms with Crippen LogP contribution in [-0.2, 0) is 0 Å². The number of nitrogens with zero attached hydrogens (tertiary/aromatic N) is 1. The highest BCUT2D eigenvalue weighted by Crippen LogP contribution is 2.35. The van der Waals surface area contributed by atoms with Gasteiger partial charge in [0, 0.05) is 17.1 Å². The zero-order chi connectivity index (χ0) is 13.1. The first-order chi connectivity index (χ1) is 8.58. The Kier molecular flexibility index (Phi) is 4.22. The van der Waals surface area contributed by atoms with E-state index in [2.05, 4.69) is 4.98 Å². The van der Waals surface area contributed by atoms with Crippen molar-refractivity contribution in [2.24, 2.45) is 5.73 Å². The molecule has 1 atom stereocenters. The third-order valence-electron chi connectivity index (χ3n) is 2.39. The lowest BCUT2D eigenvalue weighted by molar-refractivity contribution is 0.619. The average molecular weight is 283 g/mol. The van der Waals surface area contributed by atoms with E-state index >= 15 is 0 Å². The van der Waals surface area contributed by atoms with Gasteiger partial charge in [0.25, 0.3) is 0 Å². The normalized spacial score (nSPS) is 12.4. The summed E-state index contributed by atoms with van der Waals surface area (Å²) in [4.78, 5) is 5.06. The molecule has 0 radical (unpaired) electrons. The van der Waals surface area contributed by atoms with E-state index < -0.39 is 0 Å². The Morgan fingerprint density at radius 2 is 2.17 bits per heavy atom. The summed E-state index contributed by atoms with van der Waals surface area (Å²) in [6, 6.07) is 7.85. The summed E-state index contributed by atoms with van der Waals surface area (Å²) in [6.45, 7) is 1.82. The van der Waals surface area contributed by atoms with Crippen LogP contribution in [0.15, 0.2) is 46.5 Å². The highest BCUT2D eigenvalue weighted by molar-refractivity contribution is 7.99. The van der Waals surface area contributed by atoms with Gasteiger partial charge in [0.15, 0.2) is 0 Å². The van der Waals surface area contributed by atoms with E-state index in [1.165, 1.54) is 23.9 Å². The van der Waals surface area contributed by atoms with Gasteiger partial charge in [-0.05, 0) is 42.8 Å². The summed E-state index contributed by atoms with van der Waals surface area (Å²) in [5.41, 5.74) is 6.59. The summed E-state index contributed by atoms with van der Waals surface area (Å²) in [5.74, 6) is -0.293. The number of rotatable bonds is 3. The Hall–Kier alpha value is -1.10. The second-order valence-electron chi connectivity index (χ2n) is 3.86. The summed E-state index contributed by atoms with van der Waals surface area (Å²) in [6.07, 6.45) is 1.67. The minimum Gasteiger partial charge on any atom is -0.324 e. The van der Waals surface area contributed by atoms with Gasteiger partial charge in [-0.2, -0.15) is 0 Å². The number of aromatic nitrogens is 1. The van der Waals surface area contributed by atoms with Crippen molar-refractivity contribution in [3.63, 3.8) is 0 Å². The maximum absolute atomic E-state index is 13.2. The van der Waals surface area contributed by atoms with Gasteiger partial charge in [-0.3, -0.25) is 0 Å². The van der Waals surface area contributed by atoms with Crippen molar-refractivity contribution < 1.29 is 4.39 Å². The zero-order valence-corrected chi connectivity index (χ0v) is 11.3. The summed E-state index contributed by atoms with van der Waals surface area (Å²) in [7, 11) is 0. The van der Waals surface area contributed by atoms with Gasteiger partial charge >= 0.3 is 0 Å². The Balaban J connectivity index is 2.37. The molecule has 0 fully saturated rings. The standard InChI is InChI=1S/C13H12ClFN2S/c1-8(16)10-7-9(15)4-5-12(10)18-13-11(14)3-2-6-17-13/h2-8H,16H2,1H3/t8-/m0/s1. The van der Waals surface area contributed by atoms with Crippen molar-refractivity contribution in [1.82, 2.24) is 4.98 Å². The van der Waals surface area contributed by atoms with Crippen LogP contribution < -0.4 is 5.73 Å². The first kappa shape index (κ1) is 13.3. The molecule has 0 saturated heterocycles. The van der Waals surface area contributed by atoms with Gasteiger partial charge < -0.3 is 5.73 Å². The van der Waals surface area contributed by atoms with Crippen LogP contribution in [0.5, 0.6) is 0 Å². The number of pyridine rings is 1. The Morgan fingerprint density at radius 1 is 1.39 bits per heavy atom. The fourth-order valence-electron chi connectivity index (χ4n) is 1.52. The minimum absolute atomic E-state index is 0.245. The van der Waals surface area contributed by atoms with Gasteiger partial charge in [0.1, 0.15) is 10.8 Å². The summed E-state index contributed by atoms with van der Waals surface area (Å²) in [5, 5.41) is 1.26. The molecule has 0 spiro atoms. The molecule has 0 unspecified atom stereocenters. The molecule has 1 heterocycles. The molecule has 18 heavy (non-hydrogen) atoms. The van der Waals surface area contributed by atoms with Gasteiger partial charge in [0.2, 0.25) is 0 Å². The third kappa shape index (κ3) is 3.02. The molecule has 1 aromatic heterocycles. The Labute approximate surface area is 114 Å². The maximum Gasteiger partial charge on any atom is 0.123 e. The topological polar surface area (TPSA) is 38.9 Å². The first-order valence-electron chi connectivity index (χ1n) is 5.41. The van der Waals surface area contributed by atoms with Gasteiger partial charge in [0.05, 0.1) is 5.02 Å². The number of nitrogens with two attached hydrogens (primary N) is 1. The lowest BCUT2D eigenvalue weighted by Gasteiger charge is -2.12. The molecule has 2 rings (SSSR count). The molecule has 5 heteroatoms. The van der Waals surface area contributed by atoms with Crippen LogP contribution >= 0.6 is 23.4 Å². The molecular formula is C13H12ClFN2S. The van der Waals surface area contributed by atoms with Crippen LogP contribution in [0.25, 0.3) is 0 Å². The second-order valence-corrected chi connectivity index (χ2v) is 5.30. The molecule has 2 nitrogen and oxygen atoms in total. The van der Waals surface area contributed by atoms with Crippen molar-refractivity contribution >= 4 is 23.4 Å². The molecule has 2 N–H and O–H groups in total. The SMILES string of the molecule is C[C@H](N)c1cc(F)ccc1Sc1ncccc1Cl. The molecule has 0 aliphatic carbocycles. The Bertz CT molecular complexity index is 560. The Morgan fingerprint density at radius 3 is 2.83 bits per heavy atom. The van der Waals surface area contributed by atoms with Crippen LogP contribution in [0.3, 0.4) is 0 Å². The predicted molar refractivity (Wildman–Crippen MR) is 72.4 cm³/mol. The smallest absolute Gasteiger partial charge is 0.123 e. The molecule has 1 aromatic carbocycles. The largest absolute Gasteiger partial charge is 0.324 e. The van der Waals surface area contributed by atoms with E-state index in [0.717, 1.165) is 10.5 Å². The van der Waals surface area contributed by atoms with E-state index in [-0.39, 0.29) is 11.9 Å². The lowest BCUT2D eigenvalue weighted by atomic mass is 10.1. The van der Waals surface area contributed by atoms with Crippen molar-refractivity contribution in [3.8, 4) is 0 Å². The molecule has 0 bridgehead atoms. The van der Waals surface area contributed by atoms with Gasteiger partial charge in [-0.25, -0.2) is 9.37 Å². The first-order valence-corrected chi connectivity index (χ1v) is 6.61. The molecular weight excluding hydrogens is 271 g/mol. The van der Waals surface area contributed by atoms with Gasteiger partial charge in [-0.1, -0.05) is 23.4 Å². The van der Waals surface area contributed by atoms with Crippen molar-refractivity contribution in [2.45, 2.75) is 22.9 Å². The molecule has 94 valence electrons. The molecule has 0 aliphatic rings. The fourth-order valence-corrected chi connectivity index (χ4v) is 2.74.